The fourth-order valence-electron chi connectivity index (χ4n) is 5.32. The van der Waals surface area contributed by atoms with Crippen molar-refractivity contribution in [2.75, 3.05) is 31.6 Å². The second kappa shape index (κ2) is 10.4. The highest BCUT2D eigenvalue weighted by molar-refractivity contribution is 5.76. The molecule has 1 saturated carbocycles. The van der Waals surface area contributed by atoms with Crippen LogP contribution in [0.3, 0.4) is 0 Å². The van der Waals surface area contributed by atoms with E-state index in [1.54, 1.807) is 6.07 Å². The highest BCUT2D eigenvalue weighted by Gasteiger charge is 2.37. The van der Waals surface area contributed by atoms with Gasteiger partial charge in [0, 0.05) is 31.9 Å². The molecule has 5 rings (SSSR count). The third-order valence-electron chi connectivity index (χ3n) is 7.27. The lowest BCUT2D eigenvalue weighted by molar-refractivity contribution is -0.143. The Morgan fingerprint density at radius 3 is 2.94 bits per heavy atom. The monoisotopic (exact) mass is 467 g/mol. The molecule has 2 atom stereocenters. The highest BCUT2D eigenvalue weighted by Crippen LogP contribution is 2.44. The van der Waals surface area contributed by atoms with Crippen molar-refractivity contribution < 1.29 is 19.0 Å². The van der Waals surface area contributed by atoms with Crippen molar-refractivity contribution >= 4 is 11.8 Å². The van der Waals surface area contributed by atoms with E-state index in [0.717, 1.165) is 74.1 Å². The van der Waals surface area contributed by atoms with E-state index in [2.05, 4.69) is 17.4 Å². The average Bonchev–Trinajstić information content (AvgIpc) is 3.58. The first kappa shape index (κ1) is 23.2. The number of pyridine rings is 1. The predicted octanol–water partition coefficient (Wildman–Crippen LogP) is 4.70. The van der Waals surface area contributed by atoms with Crippen LogP contribution < -0.4 is 5.32 Å². The van der Waals surface area contributed by atoms with Crippen molar-refractivity contribution in [1.82, 2.24) is 9.88 Å². The fourth-order valence-corrected chi connectivity index (χ4v) is 5.32. The van der Waals surface area contributed by atoms with Crippen LogP contribution in [0.1, 0.15) is 72.9 Å². The number of aliphatic carboxylic acids is 1. The Hall–Kier alpha value is -2.51. The summed E-state index contributed by atoms with van der Waals surface area (Å²) in [5, 5.41) is 13.4. The number of fused-ring (bicyclic) bond motifs is 1. The van der Waals surface area contributed by atoms with Gasteiger partial charge in [0.05, 0.1) is 6.10 Å². The average molecular weight is 468 g/mol. The summed E-state index contributed by atoms with van der Waals surface area (Å²) in [6, 6.07) is 8.17. The number of benzene rings is 1. The smallest absolute Gasteiger partial charge is 0.325 e. The van der Waals surface area contributed by atoms with E-state index >= 15 is 0 Å². The zero-order valence-corrected chi connectivity index (χ0v) is 19.6. The quantitative estimate of drug-likeness (QED) is 0.494. The number of carbonyl (C=O) groups is 1. The van der Waals surface area contributed by atoms with Crippen LogP contribution in [0.2, 0.25) is 0 Å². The first-order chi connectivity index (χ1) is 16.6. The van der Waals surface area contributed by atoms with Crippen LogP contribution in [-0.2, 0) is 22.4 Å². The second-order valence-corrected chi connectivity index (χ2v) is 9.86. The molecule has 34 heavy (non-hydrogen) atoms. The first-order valence-electron chi connectivity index (χ1n) is 12.7. The molecule has 6 nitrogen and oxygen atoms in total. The molecule has 182 valence electrons. The van der Waals surface area contributed by atoms with Crippen LogP contribution in [0.15, 0.2) is 30.3 Å². The maximum absolute atomic E-state index is 13.8. The molecule has 1 unspecified atom stereocenters. The molecule has 1 aromatic carbocycles. The first-order valence-corrected chi connectivity index (χ1v) is 12.7. The van der Waals surface area contributed by atoms with Gasteiger partial charge in [0.2, 0.25) is 0 Å². The molecule has 1 aromatic heterocycles. The van der Waals surface area contributed by atoms with E-state index in [9.17, 15) is 14.3 Å². The van der Waals surface area contributed by atoms with Gasteiger partial charge in [-0.05, 0) is 92.2 Å². The van der Waals surface area contributed by atoms with E-state index in [1.165, 1.54) is 24.1 Å². The van der Waals surface area contributed by atoms with E-state index in [0.29, 0.717) is 25.6 Å². The van der Waals surface area contributed by atoms with Crippen LogP contribution in [-0.4, -0.2) is 53.3 Å². The minimum atomic E-state index is -0.874. The van der Waals surface area contributed by atoms with Crippen LogP contribution in [0.25, 0.3) is 0 Å². The molecule has 3 aliphatic rings. The number of anilines is 1. The number of nitrogens with zero attached hydrogens (tertiary/aromatic N) is 2. The Labute approximate surface area is 200 Å². The van der Waals surface area contributed by atoms with Crippen molar-refractivity contribution in [3.63, 3.8) is 0 Å². The third kappa shape index (κ3) is 5.41. The van der Waals surface area contributed by atoms with Crippen molar-refractivity contribution in [3.05, 3.63) is 58.5 Å². The number of carboxylic acid groups (broad SMARTS) is 1. The maximum Gasteiger partial charge on any atom is 0.325 e. The molecule has 0 amide bonds. The molecule has 2 aromatic rings. The molecular weight excluding hydrogens is 433 g/mol. The lowest BCUT2D eigenvalue weighted by atomic mass is 9.96. The van der Waals surface area contributed by atoms with Gasteiger partial charge in [0.1, 0.15) is 17.7 Å². The van der Waals surface area contributed by atoms with Crippen LogP contribution in [0.4, 0.5) is 10.2 Å². The summed E-state index contributed by atoms with van der Waals surface area (Å²) in [7, 11) is 0. The standard InChI is InChI=1S/C27H34FN3O3/c28-20-9-11-23(24(16-20)18-6-7-18)25(27(32)33)31-14-12-22(17-31)34-15-2-1-5-21-10-8-19-4-3-13-29-26(19)30-21/h8-11,16,18,22,25H,1-7,12-15,17H2,(H,29,30)(H,32,33)/t22-,25?/m1/s1. The van der Waals surface area contributed by atoms with Crippen LogP contribution >= 0.6 is 0 Å². The van der Waals surface area contributed by atoms with Gasteiger partial charge in [-0.25, -0.2) is 9.37 Å². The molecule has 1 saturated heterocycles. The number of aromatic nitrogens is 1. The summed E-state index contributed by atoms with van der Waals surface area (Å²) >= 11 is 0. The Morgan fingerprint density at radius 2 is 2.12 bits per heavy atom. The Balaban J connectivity index is 1.10. The normalized spacial score (nSPS) is 21.1. The second-order valence-electron chi connectivity index (χ2n) is 9.86. The van der Waals surface area contributed by atoms with Crippen molar-refractivity contribution in [3.8, 4) is 0 Å². The Kier molecular flexibility index (Phi) is 7.11. The van der Waals surface area contributed by atoms with Gasteiger partial charge < -0.3 is 15.2 Å². The Morgan fingerprint density at radius 1 is 1.24 bits per heavy atom. The van der Waals surface area contributed by atoms with Gasteiger partial charge in [0.25, 0.3) is 0 Å². The predicted molar refractivity (Wildman–Crippen MR) is 129 cm³/mol. The highest BCUT2D eigenvalue weighted by atomic mass is 19.1. The van der Waals surface area contributed by atoms with E-state index in [1.807, 2.05) is 4.90 Å². The lowest BCUT2D eigenvalue weighted by Gasteiger charge is -2.26. The minimum Gasteiger partial charge on any atom is -0.480 e. The summed E-state index contributed by atoms with van der Waals surface area (Å²) in [4.78, 5) is 18.9. The van der Waals surface area contributed by atoms with Gasteiger partial charge in [-0.15, -0.1) is 0 Å². The van der Waals surface area contributed by atoms with E-state index < -0.39 is 12.0 Å². The zero-order valence-electron chi connectivity index (χ0n) is 19.6. The number of halogens is 1. The van der Waals surface area contributed by atoms with E-state index in [4.69, 9.17) is 9.72 Å². The summed E-state index contributed by atoms with van der Waals surface area (Å²) in [6.45, 7) is 2.94. The molecule has 3 heterocycles. The number of hydrogen-bond acceptors (Lipinski definition) is 5. The van der Waals surface area contributed by atoms with Gasteiger partial charge in [0.15, 0.2) is 0 Å². The SMILES string of the molecule is O=C(O)C(c1ccc(F)cc1C1CC1)N1CC[C@@H](OCCCCc2ccc3c(n2)NCCC3)C1. The molecule has 7 heteroatoms. The number of unbranched alkanes of at least 4 members (excludes halogenated alkanes) is 1. The summed E-state index contributed by atoms with van der Waals surface area (Å²) in [5.74, 6) is 0.174. The molecule has 0 radical (unpaired) electrons. The number of ether oxygens (including phenoxy) is 1. The molecule has 2 fully saturated rings. The molecule has 2 N–H and O–H groups in total. The van der Waals surface area contributed by atoms with E-state index in [-0.39, 0.29) is 11.9 Å². The summed E-state index contributed by atoms with van der Waals surface area (Å²) in [5.41, 5.74) is 4.04. The molecule has 2 aliphatic heterocycles. The fraction of sp³-hybridized carbons (Fsp3) is 0.556. The number of nitrogens with one attached hydrogen (secondary N) is 1. The number of aryl methyl sites for hydroxylation is 2. The van der Waals surface area contributed by atoms with Gasteiger partial charge >= 0.3 is 5.97 Å². The molecular formula is C27H34FN3O3. The number of carboxylic acids is 1. The van der Waals surface area contributed by atoms with Gasteiger partial charge in [-0.3, -0.25) is 9.69 Å². The summed E-state index contributed by atoms with van der Waals surface area (Å²) < 4.78 is 19.9. The van der Waals surface area contributed by atoms with Crippen molar-refractivity contribution in [2.45, 2.75) is 69.4 Å². The Bertz CT molecular complexity index is 1030. The minimum absolute atomic E-state index is 0.0396. The number of rotatable bonds is 10. The van der Waals surface area contributed by atoms with Crippen LogP contribution in [0, 0.1) is 5.82 Å². The molecule has 0 bridgehead atoms. The molecule has 1 aliphatic carbocycles. The third-order valence-corrected chi connectivity index (χ3v) is 7.27. The van der Waals surface area contributed by atoms with Gasteiger partial charge in [-0.2, -0.15) is 0 Å². The zero-order chi connectivity index (χ0) is 23.5. The summed E-state index contributed by atoms with van der Waals surface area (Å²) in [6.07, 6.45) is 8.05. The lowest BCUT2D eigenvalue weighted by Crippen LogP contribution is -2.34. The number of likely N-dealkylation sites (tertiary alicyclic amines) is 1. The topological polar surface area (TPSA) is 74.7 Å². The maximum atomic E-state index is 13.8. The van der Waals surface area contributed by atoms with Gasteiger partial charge in [-0.1, -0.05) is 12.1 Å². The number of hydrogen-bond donors (Lipinski definition) is 2. The van der Waals surface area contributed by atoms with Crippen molar-refractivity contribution in [2.24, 2.45) is 0 Å². The van der Waals surface area contributed by atoms with Crippen LogP contribution in [0.5, 0.6) is 0 Å². The van der Waals surface area contributed by atoms with Crippen molar-refractivity contribution in [1.29, 1.82) is 0 Å². The molecule has 0 spiro atoms. The largest absolute Gasteiger partial charge is 0.480 e.